The molecular formula is C18H22ClN2O+. The maximum atomic E-state index is 12.1. The highest BCUT2D eigenvalue weighted by Gasteiger charge is 2.14. The number of hydrogen-bond donors (Lipinski definition) is 2. The van der Waals surface area contributed by atoms with Gasteiger partial charge in [0.2, 0.25) is 0 Å². The van der Waals surface area contributed by atoms with Gasteiger partial charge in [-0.1, -0.05) is 60.1 Å². The van der Waals surface area contributed by atoms with Crippen molar-refractivity contribution in [2.45, 2.75) is 19.5 Å². The molecule has 0 aromatic heterocycles. The summed E-state index contributed by atoms with van der Waals surface area (Å²) in [5.74, 6) is 0.0425. The van der Waals surface area contributed by atoms with Crippen molar-refractivity contribution < 1.29 is 9.69 Å². The minimum Gasteiger partial charge on any atom is -0.345 e. The Morgan fingerprint density at radius 2 is 1.77 bits per heavy atom. The molecule has 1 unspecified atom stereocenters. The van der Waals surface area contributed by atoms with E-state index in [1.165, 1.54) is 0 Å². The monoisotopic (exact) mass is 317 g/mol. The van der Waals surface area contributed by atoms with Crippen LogP contribution in [0.3, 0.4) is 0 Å². The van der Waals surface area contributed by atoms with E-state index in [1.54, 1.807) is 0 Å². The van der Waals surface area contributed by atoms with E-state index >= 15 is 0 Å². The standard InChI is InChI=1S/C18H21ClN2O/c1-14(15-8-4-3-5-9-15)20-18(22)13-21(2)12-16-10-6-7-11-17(16)19/h3-11,14H,12-13H2,1-2H3,(H,20,22)/p+1/t14-/m1/s1. The maximum Gasteiger partial charge on any atom is 0.275 e. The Morgan fingerprint density at radius 3 is 2.45 bits per heavy atom. The lowest BCUT2D eigenvalue weighted by Gasteiger charge is -2.18. The van der Waals surface area contributed by atoms with Gasteiger partial charge in [-0.25, -0.2) is 0 Å². The molecule has 22 heavy (non-hydrogen) atoms. The first-order valence-electron chi connectivity index (χ1n) is 7.45. The van der Waals surface area contributed by atoms with Crippen LogP contribution in [0.2, 0.25) is 5.02 Å². The third-order valence-electron chi connectivity index (χ3n) is 3.59. The molecule has 0 spiro atoms. The van der Waals surface area contributed by atoms with Gasteiger partial charge in [-0.15, -0.1) is 0 Å². The fourth-order valence-electron chi connectivity index (χ4n) is 2.42. The van der Waals surface area contributed by atoms with Gasteiger partial charge in [-0.3, -0.25) is 4.79 Å². The fraction of sp³-hybridized carbons (Fsp3) is 0.278. The quantitative estimate of drug-likeness (QED) is 0.841. The van der Waals surface area contributed by atoms with Crippen molar-refractivity contribution in [1.29, 1.82) is 0 Å². The number of rotatable bonds is 6. The van der Waals surface area contributed by atoms with Crippen molar-refractivity contribution >= 4 is 17.5 Å². The highest BCUT2D eigenvalue weighted by molar-refractivity contribution is 6.31. The van der Waals surface area contributed by atoms with Gasteiger partial charge in [-0.2, -0.15) is 0 Å². The van der Waals surface area contributed by atoms with Gasteiger partial charge in [0.05, 0.1) is 13.1 Å². The minimum absolute atomic E-state index is 0.0156. The van der Waals surface area contributed by atoms with Gasteiger partial charge in [0.15, 0.2) is 6.54 Å². The number of carbonyl (C=O) groups is 1. The van der Waals surface area contributed by atoms with E-state index in [2.05, 4.69) is 5.32 Å². The zero-order valence-corrected chi connectivity index (χ0v) is 13.7. The summed E-state index contributed by atoms with van der Waals surface area (Å²) in [6.07, 6.45) is 0. The molecule has 0 fully saturated rings. The van der Waals surface area contributed by atoms with E-state index in [4.69, 9.17) is 11.6 Å². The summed E-state index contributed by atoms with van der Waals surface area (Å²) in [4.78, 5) is 13.3. The van der Waals surface area contributed by atoms with Crippen LogP contribution < -0.4 is 10.2 Å². The Bertz CT molecular complexity index is 615. The van der Waals surface area contributed by atoms with E-state index in [0.29, 0.717) is 6.54 Å². The lowest BCUT2D eigenvalue weighted by molar-refractivity contribution is -0.885. The van der Waals surface area contributed by atoms with Crippen LogP contribution >= 0.6 is 11.6 Å². The predicted molar refractivity (Wildman–Crippen MR) is 89.9 cm³/mol. The number of benzene rings is 2. The molecule has 0 aliphatic rings. The van der Waals surface area contributed by atoms with Crippen molar-refractivity contribution in [3.8, 4) is 0 Å². The van der Waals surface area contributed by atoms with Gasteiger partial charge >= 0.3 is 0 Å². The second-order valence-corrected chi connectivity index (χ2v) is 6.01. The molecule has 0 saturated heterocycles. The third kappa shape index (κ3) is 4.86. The molecule has 2 rings (SSSR count). The highest BCUT2D eigenvalue weighted by Crippen LogP contribution is 2.13. The number of amides is 1. The molecule has 4 heteroatoms. The normalized spacial score (nSPS) is 13.4. The van der Waals surface area contributed by atoms with E-state index in [0.717, 1.165) is 27.6 Å². The molecule has 116 valence electrons. The minimum atomic E-state index is 0.0156. The lowest BCUT2D eigenvalue weighted by atomic mass is 10.1. The lowest BCUT2D eigenvalue weighted by Crippen LogP contribution is -3.08. The van der Waals surface area contributed by atoms with E-state index in [9.17, 15) is 4.79 Å². The van der Waals surface area contributed by atoms with Gasteiger partial charge in [-0.05, 0) is 18.6 Å². The smallest absolute Gasteiger partial charge is 0.275 e. The van der Waals surface area contributed by atoms with Crippen LogP contribution in [0.4, 0.5) is 0 Å². The zero-order valence-electron chi connectivity index (χ0n) is 13.0. The van der Waals surface area contributed by atoms with Crippen LogP contribution in [-0.4, -0.2) is 19.5 Å². The van der Waals surface area contributed by atoms with Gasteiger partial charge in [0, 0.05) is 10.6 Å². The van der Waals surface area contributed by atoms with E-state index in [-0.39, 0.29) is 11.9 Å². The van der Waals surface area contributed by atoms with Crippen molar-refractivity contribution in [3.63, 3.8) is 0 Å². The summed E-state index contributed by atoms with van der Waals surface area (Å²) in [6.45, 7) is 3.14. The molecule has 0 aliphatic heterocycles. The zero-order chi connectivity index (χ0) is 15.9. The molecule has 2 aromatic rings. The summed E-state index contributed by atoms with van der Waals surface area (Å²) in [5.41, 5.74) is 2.17. The number of nitrogens with one attached hydrogen (secondary N) is 2. The molecule has 0 saturated carbocycles. The molecule has 0 heterocycles. The van der Waals surface area contributed by atoms with Crippen molar-refractivity contribution in [2.75, 3.05) is 13.6 Å². The van der Waals surface area contributed by atoms with Gasteiger partial charge in [0.25, 0.3) is 5.91 Å². The van der Waals surface area contributed by atoms with Crippen molar-refractivity contribution in [2.24, 2.45) is 0 Å². The van der Waals surface area contributed by atoms with Crippen molar-refractivity contribution in [1.82, 2.24) is 5.32 Å². The van der Waals surface area contributed by atoms with E-state index < -0.39 is 0 Å². The first-order valence-corrected chi connectivity index (χ1v) is 7.83. The Morgan fingerprint density at radius 1 is 1.14 bits per heavy atom. The molecule has 0 aliphatic carbocycles. The predicted octanol–water partition coefficient (Wildman–Crippen LogP) is 2.23. The van der Waals surface area contributed by atoms with E-state index in [1.807, 2.05) is 68.6 Å². The highest BCUT2D eigenvalue weighted by atomic mass is 35.5. The number of halogens is 1. The average molecular weight is 318 g/mol. The fourth-order valence-corrected chi connectivity index (χ4v) is 2.62. The summed E-state index contributed by atoms with van der Waals surface area (Å²) in [5, 5.41) is 3.78. The van der Waals surface area contributed by atoms with Crippen LogP contribution in [0.5, 0.6) is 0 Å². The largest absolute Gasteiger partial charge is 0.345 e. The summed E-state index contributed by atoms with van der Waals surface area (Å²) in [6, 6.07) is 17.7. The topological polar surface area (TPSA) is 33.5 Å². The molecule has 3 nitrogen and oxygen atoms in total. The molecule has 2 atom stereocenters. The number of quaternary nitrogens is 1. The summed E-state index contributed by atoms with van der Waals surface area (Å²) in [7, 11) is 2.00. The molecule has 0 radical (unpaired) electrons. The Hall–Kier alpha value is -1.84. The van der Waals surface area contributed by atoms with Crippen LogP contribution in [0.15, 0.2) is 54.6 Å². The number of likely N-dealkylation sites (N-methyl/N-ethyl adjacent to an activating group) is 1. The maximum absolute atomic E-state index is 12.1. The Labute approximate surface area is 136 Å². The number of carbonyl (C=O) groups excluding carboxylic acids is 1. The van der Waals surface area contributed by atoms with Crippen LogP contribution in [-0.2, 0) is 11.3 Å². The Balaban J connectivity index is 1.85. The SMILES string of the molecule is C[C@@H](NC(=O)C[NH+](C)Cc1ccccc1Cl)c1ccccc1. The van der Waals surface area contributed by atoms with Gasteiger partial charge < -0.3 is 10.2 Å². The average Bonchev–Trinajstić information content (AvgIpc) is 2.50. The Kier molecular flexibility index (Phi) is 5.99. The molecule has 0 bridgehead atoms. The van der Waals surface area contributed by atoms with Crippen LogP contribution in [0, 0.1) is 0 Å². The first kappa shape index (κ1) is 16.5. The van der Waals surface area contributed by atoms with Crippen LogP contribution in [0.25, 0.3) is 0 Å². The second kappa shape index (κ2) is 7.97. The van der Waals surface area contributed by atoms with Crippen LogP contribution in [0.1, 0.15) is 24.1 Å². The second-order valence-electron chi connectivity index (χ2n) is 5.60. The molecule has 1 amide bonds. The number of hydrogen-bond acceptors (Lipinski definition) is 1. The first-order chi connectivity index (χ1) is 10.6. The van der Waals surface area contributed by atoms with Gasteiger partial charge in [0.1, 0.15) is 6.54 Å². The van der Waals surface area contributed by atoms with Crippen molar-refractivity contribution in [3.05, 3.63) is 70.7 Å². The summed E-state index contributed by atoms with van der Waals surface area (Å²) >= 11 is 6.16. The molecular weight excluding hydrogens is 296 g/mol. The molecule has 2 aromatic carbocycles. The molecule has 2 N–H and O–H groups in total. The third-order valence-corrected chi connectivity index (χ3v) is 3.96. The summed E-state index contributed by atoms with van der Waals surface area (Å²) < 4.78 is 0.